The Bertz CT molecular complexity index is 583. The predicted octanol–water partition coefficient (Wildman–Crippen LogP) is 9.01. The smallest absolute Gasteiger partial charge is 0.309 e. The summed E-state index contributed by atoms with van der Waals surface area (Å²) in [6, 6.07) is 0. The van der Waals surface area contributed by atoms with Crippen molar-refractivity contribution in [3.63, 3.8) is 0 Å². The van der Waals surface area contributed by atoms with Crippen molar-refractivity contribution in [2.75, 3.05) is 24.7 Å². The molecule has 4 nitrogen and oxygen atoms in total. The Morgan fingerprint density at radius 3 is 1.00 bits per heavy atom. The molecular weight excluding hydrogens is 512 g/mol. The summed E-state index contributed by atoms with van der Waals surface area (Å²) in [5.74, 6) is 4.22. The Morgan fingerprint density at radius 2 is 0.737 bits per heavy atom. The number of hydrogen-bond acceptors (Lipinski definition) is 6. The van der Waals surface area contributed by atoms with Gasteiger partial charge in [-0.05, 0) is 75.0 Å². The van der Waals surface area contributed by atoms with E-state index in [2.05, 4.69) is 0 Å². The van der Waals surface area contributed by atoms with E-state index in [4.69, 9.17) is 9.47 Å². The first-order valence-electron chi connectivity index (χ1n) is 16.3. The fourth-order valence-corrected chi connectivity index (χ4v) is 9.83. The zero-order valence-corrected chi connectivity index (χ0v) is 25.5. The average molecular weight is 567 g/mol. The van der Waals surface area contributed by atoms with Crippen molar-refractivity contribution < 1.29 is 19.1 Å². The SMILES string of the molecule is O=C(OCCSSCCOC(=O)C(C1CCCCC1)C1CCCCC1)C(C1CCCCC1)C1CCCCC1. The highest BCUT2D eigenvalue weighted by molar-refractivity contribution is 8.76. The molecule has 0 heterocycles. The minimum atomic E-state index is 0.0831. The molecule has 0 N–H and O–H groups in total. The first-order valence-corrected chi connectivity index (χ1v) is 18.8. The number of esters is 2. The fourth-order valence-electron chi connectivity index (χ4n) is 8.18. The number of carbonyl (C=O) groups is 2. The molecule has 4 fully saturated rings. The molecule has 0 atom stereocenters. The van der Waals surface area contributed by atoms with Crippen LogP contribution in [0.4, 0.5) is 0 Å². The summed E-state index contributed by atoms with van der Waals surface area (Å²) >= 11 is 0. The van der Waals surface area contributed by atoms with Crippen LogP contribution in [0.15, 0.2) is 0 Å². The molecule has 0 bridgehead atoms. The topological polar surface area (TPSA) is 52.6 Å². The quantitative estimate of drug-likeness (QED) is 0.126. The lowest BCUT2D eigenvalue weighted by Crippen LogP contribution is -2.35. The second-order valence-electron chi connectivity index (χ2n) is 12.6. The van der Waals surface area contributed by atoms with Crippen LogP contribution in [0.5, 0.6) is 0 Å². The van der Waals surface area contributed by atoms with E-state index in [9.17, 15) is 9.59 Å². The van der Waals surface area contributed by atoms with Gasteiger partial charge in [0.2, 0.25) is 0 Å². The van der Waals surface area contributed by atoms with Crippen LogP contribution in [0.1, 0.15) is 128 Å². The summed E-state index contributed by atoms with van der Waals surface area (Å²) in [6.07, 6.45) is 25.2. The van der Waals surface area contributed by atoms with Crippen molar-refractivity contribution in [2.24, 2.45) is 35.5 Å². The van der Waals surface area contributed by atoms with E-state index in [1.54, 1.807) is 21.6 Å². The van der Waals surface area contributed by atoms with Crippen LogP contribution in [0, 0.1) is 35.5 Å². The van der Waals surface area contributed by atoms with Crippen LogP contribution < -0.4 is 0 Å². The van der Waals surface area contributed by atoms with E-state index in [1.165, 1.54) is 128 Å². The fraction of sp³-hybridized carbons (Fsp3) is 0.938. The van der Waals surface area contributed by atoms with Gasteiger partial charge in [0.15, 0.2) is 0 Å². The number of rotatable bonds is 13. The number of carbonyl (C=O) groups excluding carboxylic acids is 2. The molecule has 0 radical (unpaired) electrons. The van der Waals surface area contributed by atoms with Crippen LogP contribution in [0.2, 0.25) is 0 Å². The first kappa shape index (κ1) is 30.6. The molecule has 0 saturated heterocycles. The maximum atomic E-state index is 13.2. The molecule has 0 aromatic rings. The van der Waals surface area contributed by atoms with Crippen molar-refractivity contribution in [3.05, 3.63) is 0 Å². The third-order valence-corrected chi connectivity index (χ3v) is 12.4. The highest BCUT2D eigenvalue weighted by atomic mass is 33.1. The van der Waals surface area contributed by atoms with Crippen molar-refractivity contribution in [1.29, 1.82) is 0 Å². The summed E-state index contributed by atoms with van der Waals surface area (Å²) in [5, 5.41) is 0. The average Bonchev–Trinajstić information content (AvgIpc) is 2.97. The van der Waals surface area contributed by atoms with Gasteiger partial charge in [-0.15, -0.1) is 0 Å². The van der Waals surface area contributed by atoms with Gasteiger partial charge in [0, 0.05) is 11.5 Å². The lowest BCUT2D eigenvalue weighted by atomic mass is 9.69. The van der Waals surface area contributed by atoms with Gasteiger partial charge < -0.3 is 9.47 Å². The van der Waals surface area contributed by atoms with Crippen molar-refractivity contribution in [2.45, 2.75) is 128 Å². The van der Waals surface area contributed by atoms with E-state index in [1.807, 2.05) is 0 Å². The molecule has 4 aliphatic carbocycles. The Kier molecular flexibility index (Phi) is 14.1. The molecule has 0 amide bonds. The predicted molar refractivity (Wildman–Crippen MR) is 160 cm³/mol. The van der Waals surface area contributed by atoms with Gasteiger partial charge in [-0.3, -0.25) is 9.59 Å². The molecule has 4 aliphatic rings. The van der Waals surface area contributed by atoms with E-state index >= 15 is 0 Å². The summed E-state index contributed by atoms with van der Waals surface area (Å²) in [7, 11) is 3.48. The van der Waals surface area contributed by atoms with Crippen molar-refractivity contribution >= 4 is 33.5 Å². The molecule has 4 saturated carbocycles. The van der Waals surface area contributed by atoms with Crippen molar-refractivity contribution in [1.82, 2.24) is 0 Å². The van der Waals surface area contributed by atoms with Gasteiger partial charge in [-0.2, -0.15) is 0 Å². The maximum absolute atomic E-state index is 13.2. The molecule has 38 heavy (non-hydrogen) atoms. The summed E-state index contributed by atoms with van der Waals surface area (Å²) in [5.41, 5.74) is 0. The Hall–Kier alpha value is -0.360. The van der Waals surface area contributed by atoms with E-state index in [0.717, 1.165) is 11.5 Å². The minimum Gasteiger partial charge on any atom is -0.465 e. The number of hydrogen-bond donors (Lipinski definition) is 0. The van der Waals surface area contributed by atoms with Crippen LogP contribution >= 0.6 is 21.6 Å². The van der Waals surface area contributed by atoms with Crippen LogP contribution in [0.3, 0.4) is 0 Å². The molecule has 0 unspecified atom stereocenters. The minimum absolute atomic E-state index is 0.0831. The van der Waals surface area contributed by atoms with E-state index < -0.39 is 0 Å². The molecule has 0 aromatic heterocycles. The normalized spacial score (nSPS) is 23.1. The molecule has 0 spiro atoms. The van der Waals surface area contributed by atoms with E-state index in [-0.39, 0.29) is 23.8 Å². The van der Waals surface area contributed by atoms with Gasteiger partial charge in [0.25, 0.3) is 0 Å². The van der Waals surface area contributed by atoms with Crippen LogP contribution in [-0.2, 0) is 19.1 Å². The Balaban J connectivity index is 1.12. The zero-order valence-electron chi connectivity index (χ0n) is 23.9. The van der Waals surface area contributed by atoms with Gasteiger partial charge in [0.05, 0.1) is 11.8 Å². The lowest BCUT2D eigenvalue weighted by molar-refractivity contribution is -0.154. The Labute approximate surface area is 240 Å². The molecule has 0 aliphatic heterocycles. The monoisotopic (exact) mass is 566 g/mol. The van der Waals surface area contributed by atoms with Gasteiger partial charge >= 0.3 is 11.9 Å². The third-order valence-electron chi connectivity index (χ3n) is 10.1. The number of ether oxygens (including phenoxy) is 2. The van der Waals surface area contributed by atoms with Gasteiger partial charge in [0.1, 0.15) is 13.2 Å². The van der Waals surface area contributed by atoms with Crippen molar-refractivity contribution in [3.8, 4) is 0 Å². The summed E-state index contributed by atoms with van der Waals surface area (Å²) in [6.45, 7) is 0.995. The first-order chi connectivity index (χ1) is 18.7. The lowest BCUT2D eigenvalue weighted by Gasteiger charge is -2.36. The highest BCUT2D eigenvalue weighted by Crippen LogP contribution is 2.42. The van der Waals surface area contributed by atoms with Crippen LogP contribution in [-0.4, -0.2) is 36.7 Å². The van der Waals surface area contributed by atoms with E-state index in [0.29, 0.717) is 36.9 Å². The van der Waals surface area contributed by atoms with Gasteiger partial charge in [-0.1, -0.05) is 98.6 Å². The molecule has 218 valence electrons. The second kappa shape index (κ2) is 17.5. The summed E-state index contributed by atoms with van der Waals surface area (Å²) < 4.78 is 11.7. The molecular formula is C32H54O4S2. The molecule has 6 heteroatoms. The largest absolute Gasteiger partial charge is 0.465 e. The molecule has 0 aromatic carbocycles. The second-order valence-corrected chi connectivity index (χ2v) is 15.3. The standard InChI is InChI=1S/C32H54O4S2/c33-31(29(25-13-5-1-6-14-25)26-15-7-2-8-16-26)35-21-23-37-38-24-22-36-32(34)30(27-17-9-3-10-18-27)28-19-11-4-12-20-28/h25-30H,1-24H2. The summed E-state index contributed by atoms with van der Waals surface area (Å²) in [4.78, 5) is 26.4. The highest BCUT2D eigenvalue weighted by Gasteiger charge is 2.38. The van der Waals surface area contributed by atoms with Crippen LogP contribution in [0.25, 0.3) is 0 Å². The molecule has 4 rings (SSSR count). The zero-order chi connectivity index (χ0) is 26.4. The maximum Gasteiger partial charge on any atom is 0.309 e. The third kappa shape index (κ3) is 9.63. The Morgan fingerprint density at radius 1 is 0.474 bits per heavy atom. The van der Waals surface area contributed by atoms with Gasteiger partial charge in [-0.25, -0.2) is 0 Å².